The Labute approximate surface area is 105 Å². The molecule has 2 N–H and O–H groups in total. The smallest absolute Gasteiger partial charge is 0.0894 e. The van der Waals surface area contributed by atoms with Crippen LogP contribution >= 0.6 is 0 Å². The van der Waals surface area contributed by atoms with Crippen LogP contribution in [0.3, 0.4) is 0 Å². The summed E-state index contributed by atoms with van der Waals surface area (Å²) in [5, 5.41) is 12.6. The number of aromatic nitrogens is 2. The molecule has 92 valence electrons. The second-order valence-corrected chi connectivity index (χ2v) is 5.28. The number of piperidine rings is 1. The Kier molecular flexibility index (Phi) is 2.16. The van der Waals surface area contributed by atoms with Crippen molar-refractivity contribution in [3.63, 3.8) is 0 Å². The van der Waals surface area contributed by atoms with E-state index in [-0.39, 0.29) is 6.61 Å². The number of hydrogen-bond acceptors (Lipinski definition) is 4. The highest BCUT2D eigenvalue weighted by Gasteiger charge is 2.34. The molecule has 1 aromatic heterocycles. The molecule has 2 atom stereocenters. The maximum Gasteiger partial charge on any atom is 0.0894 e. The van der Waals surface area contributed by atoms with Gasteiger partial charge in [0.15, 0.2) is 0 Å². The highest BCUT2D eigenvalue weighted by Crippen LogP contribution is 2.44. The SMILES string of the molecule is OCc1cnc2cc3c(cc2n1)C1CNCC3C1. The van der Waals surface area contributed by atoms with E-state index in [1.807, 2.05) is 0 Å². The minimum atomic E-state index is -0.0480. The molecular weight excluding hydrogens is 226 g/mol. The third-order valence-corrected chi connectivity index (χ3v) is 4.19. The van der Waals surface area contributed by atoms with Gasteiger partial charge < -0.3 is 10.4 Å². The summed E-state index contributed by atoms with van der Waals surface area (Å²) in [4.78, 5) is 8.85. The number of rotatable bonds is 1. The minimum absolute atomic E-state index is 0.0480. The molecule has 2 unspecified atom stereocenters. The third-order valence-electron chi connectivity index (χ3n) is 4.19. The van der Waals surface area contributed by atoms with E-state index in [1.165, 1.54) is 17.5 Å². The second kappa shape index (κ2) is 3.73. The van der Waals surface area contributed by atoms with Gasteiger partial charge in [-0.3, -0.25) is 4.98 Å². The molecule has 0 amide bonds. The van der Waals surface area contributed by atoms with E-state index >= 15 is 0 Å². The molecule has 4 heteroatoms. The van der Waals surface area contributed by atoms with E-state index in [0.29, 0.717) is 17.5 Å². The van der Waals surface area contributed by atoms with Crippen LogP contribution in [0.2, 0.25) is 0 Å². The van der Waals surface area contributed by atoms with Gasteiger partial charge in [0.1, 0.15) is 0 Å². The molecule has 2 aliphatic rings. The van der Waals surface area contributed by atoms with Gasteiger partial charge in [0.2, 0.25) is 0 Å². The number of hydrogen-bond donors (Lipinski definition) is 2. The predicted molar refractivity (Wildman–Crippen MR) is 68.4 cm³/mol. The van der Waals surface area contributed by atoms with Gasteiger partial charge in [-0.1, -0.05) is 0 Å². The van der Waals surface area contributed by atoms with Crippen LogP contribution in [0.25, 0.3) is 11.0 Å². The van der Waals surface area contributed by atoms with Crippen molar-refractivity contribution in [1.82, 2.24) is 15.3 Å². The van der Waals surface area contributed by atoms with Crippen molar-refractivity contribution in [1.29, 1.82) is 0 Å². The summed E-state index contributed by atoms with van der Waals surface area (Å²) >= 11 is 0. The molecule has 1 aliphatic carbocycles. The van der Waals surface area contributed by atoms with E-state index in [4.69, 9.17) is 5.11 Å². The second-order valence-electron chi connectivity index (χ2n) is 5.28. The maximum atomic E-state index is 9.13. The van der Waals surface area contributed by atoms with Crippen LogP contribution in [0.5, 0.6) is 0 Å². The van der Waals surface area contributed by atoms with Gasteiger partial charge in [0.05, 0.1) is 29.5 Å². The maximum absolute atomic E-state index is 9.13. The van der Waals surface area contributed by atoms with Gasteiger partial charge in [-0.05, 0) is 41.5 Å². The Morgan fingerprint density at radius 2 is 1.89 bits per heavy atom. The molecule has 4 nitrogen and oxygen atoms in total. The molecule has 1 saturated heterocycles. The van der Waals surface area contributed by atoms with E-state index in [0.717, 1.165) is 24.1 Å². The molecule has 18 heavy (non-hydrogen) atoms. The van der Waals surface area contributed by atoms with Crippen molar-refractivity contribution < 1.29 is 5.11 Å². The highest BCUT2D eigenvalue weighted by atomic mass is 16.3. The van der Waals surface area contributed by atoms with Gasteiger partial charge in [-0.2, -0.15) is 0 Å². The van der Waals surface area contributed by atoms with Gasteiger partial charge >= 0.3 is 0 Å². The minimum Gasteiger partial charge on any atom is -0.390 e. The molecule has 4 rings (SSSR count). The number of aliphatic hydroxyl groups excluding tert-OH is 1. The van der Waals surface area contributed by atoms with E-state index in [9.17, 15) is 0 Å². The number of aliphatic hydroxyl groups is 1. The fourth-order valence-electron chi connectivity index (χ4n) is 3.33. The normalized spacial score (nSPS) is 25.4. The third kappa shape index (κ3) is 1.39. The van der Waals surface area contributed by atoms with E-state index in [2.05, 4.69) is 27.4 Å². The molecule has 1 aromatic carbocycles. The summed E-state index contributed by atoms with van der Waals surface area (Å²) in [6.45, 7) is 2.10. The lowest BCUT2D eigenvalue weighted by Crippen LogP contribution is -2.28. The molecule has 1 fully saturated rings. The Hall–Kier alpha value is -1.52. The van der Waals surface area contributed by atoms with Crippen LogP contribution in [0.15, 0.2) is 18.3 Å². The standard InChI is InChI=1S/C14H15N3O/c18-7-10-6-16-13-2-11-8-1-9(5-15-4-8)12(11)3-14(13)17-10/h2-3,6,8-9,15,18H,1,4-5,7H2. The van der Waals surface area contributed by atoms with Crippen LogP contribution in [0.1, 0.15) is 35.1 Å². The van der Waals surface area contributed by atoms with Crippen LogP contribution < -0.4 is 5.32 Å². The molecule has 2 heterocycles. The Bertz CT molecular complexity index is 626. The summed E-state index contributed by atoms with van der Waals surface area (Å²) < 4.78 is 0. The molecule has 1 aliphatic heterocycles. The van der Waals surface area contributed by atoms with Crippen molar-refractivity contribution in [3.05, 3.63) is 35.2 Å². The first-order chi connectivity index (χ1) is 8.85. The number of nitrogens with zero attached hydrogens (tertiary/aromatic N) is 2. The van der Waals surface area contributed by atoms with Crippen LogP contribution in [-0.2, 0) is 6.61 Å². The zero-order chi connectivity index (χ0) is 12.1. The van der Waals surface area contributed by atoms with Crippen molar-refractivity contribution in [2.45, 2.75) is 24.9 Å². The zero-order valence-electron chi connectivity index (χ0n) is 10.1. The lowest BCUT2D eigenvalue weighted by atomic mass is 9.98. The van der Waals surface area contributed by atoms with E-state index < -0.39 is 0 Å². The van der Waals surface area contributed by atoms with Crippen molar-refractivity contribution in [3.8, 4) is 0 Å². The Morgan fingerprint density at radius 1 is 1.17 bits per heavy atom. The number of fused-ring (bicyclic) bond motifs is 6. The molecule has 0 radical (unpaired) electrons. The van der Waals surface area contributed by atoms with Crippen LogP contribution in [-0.4, -0.2) is 28.2 Å². The quantitative estimate of drug-likeness (QED) is 0.790. The largest absolute Gasteiger partial charge is 0.390 e. The lowest BCUT2D eigenvalue weighted by molar-refractivity contribution is 0.277. The average Bonchev–Trinajstić information content (AvgIpc) is 2.67. The summed E-state index contributed by atoms with van der Waals surface area (Å²) in [6, 6.07) is 4.37. The molecular formula is C14H15N3O. The first-order valence-electron chi connectivity index (χ1n) is 6.46. The summed E-state index contributed by atoms with van der Waals surface area (Å²) in [5.41, 5.74) is 5.37. The monoisotopic (exact) mass is 241 g/mol. The summed E-state index contributed by atoms with van der Waals surface area (Å²) in [6.07, 6.45) is 2.92. The van der Waals surface area contributed by atoms with Crippen LogP contribution in [0, 0.1) is 0 Å². The lowest BCUT2D eigenvalue weighted by Gasteiger charge is -2.19. The summed E-state index contributed by atoms with van der Waals surface area (Å²) in [5.74, 6) is 1.27. The highest BCUT2D eigenvalue weighted by molar-refractivity contribution is 5.77. The van der Waals surface area contributed by atoms with Gasteiger partial charge in [0, 0.05) is 13.1 Å². The molecule has 0 saturated carbocycles. The van der Waals surface area contributed by atoms with E-state index in [1.54, 1.807) is 6.20 Å². The van der Waals surface area contributed by atoms with Gasteiger partial charge in [0.25, 0.3) is 0 Å². The van der Waals surface area contributed by atoms with Crippen molar-refractivity contribution in [2.75, 3.05) is 13.1 Å². The first-order valence-corrected chi connectivity index (χ1v) is 6.46. The van der Waals surface area contributed by atoms with Gasteiger partial charge in [-0.15, -0.1) is 0 Å². The fourth-order valence-corrected chi connectivity index (χ4v) is 3.33. The summed E-state index contributed by atoms with van der Waals surface area (Å²) in [7, 11) is 0. The van der Waals surface area contributed by atoms with Crippen molar-refractivity contribution >= 4 is 11.0 Å². The van der Waals surface area contributed by atoms with Crippen molar-refractivity contribution in [2.24, 2.45) is 0 Å². The first kappa shape index (κ1) is 10.4. The Balaban J connectivity index is 1.94. The molecule has 2 aromatic rings. The van der Waals surface area contributed by atoms with Crippen LogP contribution in [0.4, 0.5) is 0 Å². The predicted octanol–water partition coefficient (Wildman–Crippen LogP) is 1.30. The Morgan fingerprint density at radius 3 is 2.61 bits per heavy atom. The fraction of sp³-hybridized carbons (Fsp3) is 0.429. The number of benzene rings is 1. The number of nitrogens with one attached hydrogen (secondary N) is 1. The zero-order valence-corrected chi connectivity index (χ0v) is 10.1. The average molecular weight is 241 g/mol. The van der Waals surface area contributed by atoms with Gasteiger partial charge in [-0.25, -0.2) is 4.98 Å². The topological polar surface area (TPSA) is 58.0 Å². The molecule has 2 bridgehead atoms. The molecule has 0 spiro atoms.